The molecule has 0 unspecified atom stereocenters. The summed E-state index contributed by atoms with van der Waals surface area (Å²) in [6, 6.07) is 14.3. The Kier molecular flexibility index (Phi) is 7.22. The summed E-state index contributed by atoms with van der Waals surface area (Å²) in [4.78, 5) is 19.8. The van der Waals surface area contributed by atoms with E-state index in [4.69, 9.17) is 6.42 Å². The number of carbonyl (C=O) groups is 1. The second-order valence-corrected chi connectivity index (χ2v) is 8.37. The number of pyridine rings is 1. The summed E-state index contributed by atoms with van der Waals surface area (Å²) in [7, 11) is -5.19. The van der Waals surface area contributed by atoms with Crippen molar-refractivity contribution in [2.45, 2.75) is 13.1 Å². The maximum absolute atomic E-state index is 12.8. The fraction of sp³-hybridized carbons (Fsp3) is 0.0833. The third-order valence-corrected chi connectivity index (χ3v) is 5.33. The number of carbonyl (C=O) groups excluding carboxylic acids is 1. The second-order valence-electron chi connectivity index (χ2n) is 7.41. The number of H-pyrrole nitrogens is 1. The SMILES string of the molecule is C#Cc1ccc(OS(=O)(=O)F)cc1CNC(=O)c1cccc(NCc2nnc(-c3ccncc3)[nH]2)c1. The Balaban J connectivity index is 1.38. The first-order valence-electron chi connectivity index (χ1n) is 10.5. The van der Waals surface area contributed by atoms with Crippen molar-refractivity contribution >= 4 is 22.1 Å². The Hall–Kier alpha value is -4.76. The molecule has 1 amide bonds. The van der Waals surface area contributed by atoms with Crippen LogP contribution in [0.15, 0.2) is 67.0 Å². The maximum Gasteiger partial charge on any atom is 0.488 e. The summed E-state index contributed by atoms with van der Waals surface area (Å²) in [6.07, 6.45) is 8.79. The van der Waals surface area contributed by atoms with Gasteiger partial charge in [-0.1, -0.05) is 15.9 Å². The molecule has 0 aliphatic carbocycles. The smallest absolute Gasteiger partial charge is 0.378 e. The summed E-state index contributed by atoms with van der Waals surface area (Å²) in [5.41, 5.74) is 2.69. The van der Waals surface area contributed by atoms with Gasteiger partial charge in [0.15, 0.2) is 5.82 Å². The molecule has 4 rings (SSSR count). The van der Waals surface area contributed by atoms with Gasteiger partial charge in [0.05, 0.1) is 6.54 Å². The lowest BCUT2D eigenvalue weighted by atomic mass is 10.1. The molecular weight excluding hydrogens is 487 g/mol. The summed E-state index contributed by atoms with van der Waals surface area (Å²) in [5.74, 6) is 3.00. The summed E-state index contributed by atoms with van der Waals surface area (Å²) < 4.78 is 38.6. The predicted octanol–water partition coefficient (Wildman–Crippen LogP) is 2.98. The molecule has 0 saturated carbocycles. The Bertz CT molecular complexity index is 1530. The molecule has 0 radical (unpaired) electrons. The van der Waals surface area contributed by atoms with Crippen LogP contribution in [0, 0.1) is 12.3 Å². The number of hydrogen-bond acceptors (Lipinski definition) is 8. The highest BCUT2D eigenvalue weighted by Crippen LogP contribution is 2.20. The highest BCUT2D eigenvalue weighted by Gasteiger charge is 2.13. The van der Waals surface area contributed by atoms with Gasteiger partial charge in [0, 0.05) is 41.3 Å². The first-order valence-corrected chi connectivity index (χ1v) is 11.8. The number of rotatable bonds is 9. The number of amides is 1. The first kappa shape index (κ1) is 24.4. The molecule has 182 valence electrons. The van der Waals surface area contributed by atoms with Gasteiger partial charge in [-0.2, -0.15) is 8.42 Å². The number of benzene rings is 2. The van der Waals surface area contributed by atoms with Gasteiger partial charge in [-0.25, -0.2) is 0 Å². The van der Waals surface area contributed by atoms with Crippen LogP contribution in [0.2, 0.25) is 0 Å². The fourth-order valence-corrected chi connectivity index (χ4v) is 3.61. The van der Waals surface area contributed by atoms with Crippen LogP contribution in [-0.4, -0.2) is 34.5 Å². The van der Waals surface area contributed by atoms with Crippen molar-refractivity contribution in [1.29, 1.82) is 0 Å². The minimum Gasteiger partial charge on any atom is -0.378 e. The van der Waals surface area contributed by atoms with E-state index < -0.39 is 16.4 Å². The third-order valence-electron chi connectivity index (χ3n) is 4.94. The largest absolute Gasteiger partial charge is 0.488 e. The van der Waals surface area contributed by atoms with Gasteiger partial charge in [-0.3, -0.25) is 9.78 Å². The van der Waals surface area contributed by atoms with Crippen molar-refractivity contribution in [2.24, 2.45) is 0 Å². The first-order chi connectivity index (χ1) is 17.3. The molecule has 3 N–H and O–H groups in total. The molecule has 12 heteroatoms. The van der Waals surface area contributed by atoms with Gasteiger partial charge < -0.3 is 19.8 Å². The molecule has 2 aromatic heterocycles. The molecule has 36 heavy (non-hydrogen) atoms. The highest BCUT2D eigenvalue weighted by molar-refractivity contribution is 7.81. The van der Waals surface area contributed by atoms with Gasteiger partial charge in [0.25, 0.3) is 5.91 Å². The van der Waals surface area contributed by atoms with Crippen molar-refractivity contribution in [3.63, 3.8) is 0 Å². The molecule has 10 nitrogen and oxygen atoms in total. The molecule has 0 fully saturated rings. The number of anilines is 1. The zero-order valence-electron chi connectivity index (χ0n) is 18.6. The van der Waals surface area contributed by atoms with Crippen LogP contribution in [0.4, 0.5) is 9.57 Å². The van der Waals surface area contributed by atoms with E-state index in [1.165, 1.54) is 18.2 Å². The monoisotopic (exact) mass is 506 g/mol. The molecule has 0 bridgehead atoms. The van der Waals surface area contributed by atoms with Gasteiger partial charge in [0.2, 0.25) is 0 Å². The molecule has 0 saturated heterocycles. The maximum atomic E-state index is 12.8. The third kappa shape index (κ3) is 6.43. The molecule has 0 spiro atoms. The molecule has 0 aliphatic heterocycles. The lowest BCUT2D eigenvalue weighted by Gasteiger charge is -2.10. The Morgan fingerprint density at radius 3 is 2.64 bits per heavy atom. The molecule has 2 heterocycles. The Labute approximate surface area is 206 Å². The number of terminal acetylenes is 1. The Morgan fingerprint density at radius 2 is 1.89 bits per heavy atom. The summed E-state index contributed by atoms with van der Waals surface area (Å²) in [5, 5.41) is 14.1. The van der Waals surface area contributed by atoms with Crippen molar-refractivity contribution in [1.82, 2.24) is 25.5 Å². The van der Waals surface area contributed by atoms with Crippen molar-refractivity contribution in [2.75, 3.05) is 5.32 Å². The van der Waals surface area contributed by atoms with Crippen LogP contribution in [0.3, 0.4) is 0 Å². The normalized spacial score (nSPS) is 10.9. The zero-order chi connectivity index (χ0) is 25.5. The van der Waals surface area contributed by atoms with E-state index in [1.54, 1.807) is 36.7 Å². The number of halogens is 1. The van der Waals surface area contributed by atoms with Crippen molar-refractivity contribution in [3.05, 3.63) is 89.5 Å². The minimum atomic E-state index is -5.19. The van der Waals surface area contributed by atoms with Crippen LogP contribution in [0.1, 0.15) is 27.3 Å². The van der Waals surface area contributed by atoms with E-state index >= 15 is 0 Å². The predicted molar refractivity (Wildman–Crippen MR) is 130 cm³/mol. The van der Waals surface area contributed by atoms with Crippen LogP contribution in [0.5, 0.6) is 5.75 Å². The van der Waals surface area contributed by atoms with E-state index in [-0.39, 0.29) is 12.3 Å². The molecule has 0 atom stereocenters. The fourth-order valence-electron chi connectivity index (χ4n) is 3.27. The topological polar surface area (TPSA) is 139 Å². The average molecular weight is 507 g/mol. The van der Waals surface area contributed by atoms with Crippen LogP contribution in [-0.2, 0) is 23.6 Å². The van der Waals surface area contributed by atoms with E-state index in [0.29, 0.717) is 40.6 Å². The molecule has 2 aromatic carbocycles. The van der Waals surface area contributed by atoms with Crippen LogP contribution < -0.4 is 14.8 Å². The molecule has 0 aliphatic rings. The number of aromatic amines is 1. The standard InChI is InChI=1S/C24H19FN6O4S/c1-2-16-6-7-21(35-36(25,33)34)13-19(16)14-28-24(32)18-4-3-5-20(12-18)27-15-22-29-23(31-30-22)17-8-10-26-11-9-17/h1,3-13,27H,14-15H2,(H,28,32)(H,29,30,31). The molecule has 4 aromatic rings. The number of aromatic nitrogens is 4. The summed E-state index contributed by atoms with van der Waals surface area (Å²) in [6.45, 7) is 0.314. The number of nitrogens with one attached hydrogen (secondary N) is 3. The van der Waals surface area contributed by atoms with Gasteiger partial charge in [-0.05, 0) is 54.1 Å². The second kappa shape index (κ2) is 10.7. The van der Waals surface area contributed by atoms with E-state index in [1.807, 2.05) is 12.1 Å². The lowest BCUT2D eigenvalue weighted by Crippen LogP contribution is -2.23. The number of hydrogen-bond donors (Lipinski definition) is 3. The average Bonchev–Trinajstić information content (AvgIpc) is 3.35. The van der Waals surface area contributed by atoms with Crippen LogP contribution in [0.25, 0.3) is 11.4 Å². The van der Waals surface area contributed by atoms with Crippen LogP contribution >= 0.6 is 0 Å². The minimum absolute atomic E-state index is 0.0323. The van der Waals surface area contributed by atoms with E-state index in [9.17, 15) is 17.1 Å². The van der Waals surface area contributed by atoms with Crippen molar-refractivity contribution < 1.29 is 21.3 Å². The zero-order valence-corrected chi connectivity index (χ0v) is 19.4. The quantitative estimate of drug-likeness (QED) is 0.233. The van der Waals surface area contributed by atoms with E-state index in [0.717, 1.165) is 5.56 Å². The molecular formula is C24H19FN6O4S. The Morgan fingerprint density at radius 1 is 1.08 bits per heavy atom. The van der Waals surface area contributed by atoms with Gasteiger partial charge >= 0.3 is 10.5 Å². The van der Waals surface area contributed by atoms with Gasteiger partial charge in [-0.15, -0.1) is 16.6 Å². The highest BCUT2D eigenvalue weighted by atomic mass is 32.3. The van der Waals surface area contributed by atoms with Crippen molar-refractivity contribution in [3.8, 4) is 29.5 Å². The van der Waals surface area contributed by atoms with Gasteiger partial charge in [0.1, 0.15) is 11.6 Å². The summed E-state index contributed by atoms with van der Waals surface area (Å²) >= 11 is 0. The lowest BCUT2D eigenvalue weighted by molar-refractivity contribution is 0.0951. The van der Waals surface area contributed by atoms with E-state index in [2.05, 4.69) is 40.9 Å². The number of nitrogens with zero attached hydrogens (tertiary/aromatic N) is 3.